The molecule has 0 saturated heterocycles. The second-order valence-corrected chi connectivity index (χ2v) is 5.71. The summed E-state index contributed by atoms with van der Waals surface area (Å²) in [6.45, 7) is 2.98. The van der Waals surface area contributed by atoms with Crippen molar-refractivity contribution in [1.29, 1.82) is 0 Å². The number of amides is 1. The summed E-state index contributed by atoms with van der Waals surface area (Å²) in [4.78, 5) is 17.7. The van der Waals surface area contributed by atoms with Crippen LogP contribution in [0.25, 0.3) is 0 Å². The van der Waals surface area contributed by atoms with E-state index >= 15 is 0 Å². The molecule has 0 aliphatic heterocycles. The number of aromatic nitrogens is 2. The van der Waals surface area contributed by atoms with Crippen LogP contribution in [0.3, 0.4) is 0 Å². The van der Waals surface area contributed by atoms with E-state index in [1.165, 1.54) is 0 Å². The van der Waals surface area contributed by atoms with Crippen LogP contribution in [0, 0.1) is 0 Å². The highest BCUT2D eigenvalue weighted by molar-refractivity contribution is 5.94. The highest BCUT2D eigenvalue weighted by atomic mass is 16.6. The van der Waals surface area contributed by atoms with Gasteiger partial charge in [0.2, 0.25) is 0 Å². The predicted octanol–water partition coefficient (Wildman–Crippen LogP) is 3.36. The molecule has 1 aromatic heterocycles. The van der Waals surface area contributed by atoms with Gasteiger partial charge in [-0.2, -0.15) is 5.10 Å². The number of nitrogens with zero attached hydrogens (tertiary/aromatic N) is 2. The van der Waals surface area contributed by atoms with E-state index in [9.17, 15) is 4.79 Å². The Hall–Kier alpha value is -2.92. The van der Waals surface area contributed by atoms with Gasteiger partial charge in [0.25, 0.3) is 5.91 Å². The van der Waals surface area contributed by atoms with E-state index in [2.05, 4.69) is 10.6 Å². The van der Waals surface area contributed by atoms with Gasteiger partial charge >= 0.3 is 0 Å². The summed E-state index contributed by atoms with van der Waals surface area (Å²) >= 11 is 0. The minimum atomic E-state index is -0.271. The average molecular weight is 335 g/mol. The van der Waals surface area contributed by atoms with Crippen molar-refractivity contribution in [3.63, 3.8) is 0 Å². The zero-order valence-electron chi connectivity index (χ0n) is 14.2. The Bertz CT molecular complexity index is 813. The third kappa shape index (κ3) is 4.33. The van der Waals surface area contributed by atoms with Crippen molar-refractivity contribution in [2.75, 3.05) is 0 Å². The van der Waals surface area contributed by atoms with Gasteiger partial charge in [0.1, 0.15) is 0 Å². The Morgan fingerprint density at radius 2 is 1.68 bits per heavy atom. The summed E-state index contributed by atoms with van der Waals surface area (Å²) in [6, 6.07) is 19.8. The number of benzene rings is 2. The highest BCUT2D eigenvalue weighted by Crippen LogP contribution is 2.12. The number of hydrogen-bond donors (Lipinski definition) is 1. The van der Waals surface area contributed by atoms with Crippen LogP contribution >= 0.6 is 0 Å². The lowest BCUT2D eigenvalue weighted by Gasteiger charge is -2.09. The number of carbonyl (C=O) groups is 1. The minimum Gasteiger partial charge on any atom is -0.269 e. The van der Waals surface area contributed by atoms with Gasteiger partial charge in [-0.05, 0) is 17.5 Å². The van der Waals surface area contributed by atoms with E-state index < -0.39 is 0 Å². The van der Waals surface area contributed by atoms with Crippen LogP contribution in [0.15, 0.2) is 66.9 Å². The molecule has 25 heavy (non-hydrogen) atoms. The lowest BCUT2D eigenvalue weighted by atomic mass is 10.2. The van der Waals surface area contributed by atoms with Crippen molar-refractivity contribution in [1.82, 2.24) is 15.3 Å². The molecular formula is C20H21N3O2. The largest absolute Gasteiger partial charge is 0.278 e. The van der Waals surface area contributed by atoms with Crippen LogP contribution in [0.4, 0.5) is 0 Å². The first-order valence-corrected chi connectivity index (χ1v) is 8.32. The molecule has 1 N–H and O–H groups in total. The number of rotatable bonds is 7. The molecule has 0 spiro atoms. The van der Waals surface area contributed by atoms with Crippen LogP contribution in [0.5, 0.6) is 0 Å². The Morgan fingerprint density at radius 3 is 2.32 bits per heavy atom. The Morgan fingerprint density at radius 1 is 1.04 bits per heavy atom. The highest BCUT2D eigenvalue weighted by Gasteiger charge is 2.16. The van der Waals surface area contributed by atoms with Gasteiger partial charge < -0.3 is 0 Å². The minimum absolute atomic E-state index is 0.271. The Labute approximate surface area is 147 Å². The molecule has 1 amide bonds. The lowest BCUT2D eigenvalue weighted by Crippen LogP contribution is -2.24. The topological polar surface area (TPSA) is 56.1 Å². The van der Waals surface area contributed by atoms with Crippen molar-refractivity contribution in [3.8, 4) is 0 Å². The smallest absolute Gasteiger partial charge is 0.269 e. The van der Waals surface area contributed by atoms with Crippen LogP contribution in [0.2, 0.25) is 0 Å². The molecule has 0 aliphatic rings. The number of hydrogen-bond acceptors (Lipinski definition) is 3. The normalized spacial score (nSPS) is 10.6. The van der Waals surface area contributed by atoms with E-state index in [0.717, 1.165) is 16.8 Å². The molecule has 0 saturated carbocycles. The van der Waals surface area contributed by atoms with Crippen molar-refractivity contribution in [2.24, 2.45) is 0 Å². The molecule has 5 heteroatoms. The maximum absolute atomic E-state index is 12.4. The molecule has 3 aromatic rings. The summed E-state index contributed by atoms with van der Waals surface area (Å²) in [5.74, 6) is -0.271. The van der Waals surface area contributed by atoms with Crippen molar-refractivity contribution >= 4 is 5.91 Å². The van der Waals surface area contributed by atoms with Gasteiger partial charge in [-0.15, -0.1) is 0 Å². The quantitative estimate of drug-likeness (QED) is 0.674. The maximum Gasteiger partial charge on any atom is 0.278 e. The lowest BCUT2D eigenvalue weighted by molar-refractivity contribution is 0.0232. The molecule has 1 heterocycles. The van der Waals surface area contributed by atoms with E-state index in [4.69, 9.17) is 4.84 Å². The number of nitrogens with one attached hydrogen (secondary N) is 1. The zero-order valence-corrected chi connectivity index (χ0v) is 14.2. The standard InChI is InChI=1S/C20H21N3O2/c1-2-19-18(13-21-23(19)14-16-9-5-3-6-10-16)20(24)22-25-15-17-11-7-4-8-12-17/h3-13H,2,14-15H2,1H3,(H,22,24). The molecule has 5 nitrogen and oxygen atoms in total. The van der Waals surface area contributed by atoms with Crippen molar-refractivity contribution in [3.05, 3.63) is 89.2 Å². The second-order valence-electron chi connectivity index (χ2n) is 5.71. The monoisotopic (exact) mass is 335 g/mol. The summed E-state index contributed by atoms with van der Waals surface area (Å²) in [5, 5.41) is 4.37. The van der Waals surface area contributed by atoms with E-state index in [1.807, 2.05) is 72.3 Å². The van der Waals surface area contributed by atoms with E-state index in [1.54, 1.807) is 6.20 Å². The SMILES string of the molecule is CCc1c(C(=O)NOCc2ccccc2)cnn1Cc1ccccc1. The van der Waals surface area contributed by atoms with Crippen molar-refractivity contribution in [2.45, 2.75) is 26.5 Å². The molecule has 0 aliphatic carbocycles. The predicted molar refractivity (Wildman–Crippen MR) is 95.8 cm³/mol. The van der Waals surface area contributed by atoms with Crippen molar-refractivity contribution < 1.29 is 9.63 Å². The van der Waals surface area contributed by atoms with Crippen LogP contribution in [0.1, 0.15) is 34.1 Å². The van der Waals surface area contributed by atoms with Gasteiger partial charge in [0.15, 0.2) is 0 Å². The van der Waals surface area contributed by atoms with E-state index in [0.29, 0.717) is 25.1 Å². The van der Waals surface area contributed by atoms with Gasteiger partial charge in [-0.1, -0.05) is 67.6 Å². The first-order valence-electron chi connectivity index (χ1n) is 8.32. The van der Waals surface area contributed by atoms with Gasteiger partial charge in [0, 0.05) is 0 Å². The third-order valence-corrected chi connectivity index (χ3v) is 3.95. The Kier molecular flexibility index (Phi) is 5.59. The first-order chi connectivity index (χ1) is 12.3. The fourth-order valence-electron chi connectivity index (χ4n) is 2.68. The molecule has 0 fully saturated rings. The fraction of sp³-hybridized carbons (Fsp3) is 0.200. The summed E-state index contributed by atoms with van der Waals surface area (Å²) < 4.78 is 1.86. The van der Waals surface area contributed by atoms with E-state index in [-0.39, 0.29) is 5.91 Å². The molecular weight excluding hydrogens is 314 g/mol. The maximum atomic E-state index is 12.4. The fourth-order valence-corrected chi connectivity index (χ4v) is 2.68. The summed E-state index contributed by atoms with van der Waals surface area (Å²) in [6.07, 6.45) is 2.32. The second kappa shape index (κ2) is 8.26. The third-order valence-electron chi connectivity index (χ3n) is 3.95. The van der Waals surface area contributed by atoms with Gasteiger partial charge in [-0.3, -0.25) is 14.3 Å². The summed E-state index contributed by atoms with van der Waals surface area (Å²) in [7, 11) is 0. The molecule has 2 aromatic carbocycles. The van der Waals surface area contributed by atoms with Crippen LogP contribution < -0.4 is 5.48 Å². The molecule has 0 radical (unpaired) electrons. The van der Waals surface area contributed by atoms with Gasteiger partial charge in [0.05, 0.1) is 30.6 Å². The Balaban J connectivity index is 1.64. The molecule has 128 valence electrons. The molecule has 3 rings (SSSR count). The molecule has 0 unspecified atom stereocenters. The summed E-state index contributed by atoms with van der Waals surface area (Å²) in [5.41, 5.74) is 6.09. The molecule has 0 bridgehead atoms. The zero-order chi connectivity index (χ0) is 17.5. The first kappa shape index (κ1) is 16.9. The number of carbonyl (C=O) groups excluding carboxylic acids is 1. The van der Waals surface area contributed by atoms with Gasteiger partial charge in [-0.25, -0.2) is 5.48 Å². The van der Waals surface area contributed by atoms with Crippen LogP contribution in [-0.4, -0.2) is 15.7 Å². The molecule has 0 atom stereocenters. The van der Waals surface area contributed by atoms with Crippen LogP contribution in [-0.2, 0) is 24.4 Å². The average Bonchev–Trinajstić information content (AvgIpc) is 3.06. The number of hydroxylamine groups is 1.